The van der Waals surface area contributed by atoms with Crippen LogP contribution in [0.2, 0.25) is 0 Å². The first kappa shape index (κ1) is 24.1. The van der Waals surface area contributed by atoms with E-state index < -0.39 is 0 Å². The van der Waals surface area contributed by atoms with Gasteiger partial charge in [0.1, 0.15) is 0 Å². The molecule has 0 aromatic heterocycles. The van der Waals surface area contributed by atoms with Gasteiger partial charge in [0.2, 0.25) is 0 Å². The van der Waals surface area contributed by atoms with E-state index in [1.165, 1.54) is 5.56 Å². The van der Waals surface area contributed by atoms with Crippen LogP contribution in [0.1, 0.15) is 32.8 Å². The number of hydrogen-bond donors (Lipinski definition) is 2. The van der Waals surface area contributed by atoms with E-state index in [9.17, 15) is 0 Å². The van der Waals surface area contributed by atoms with E-state index in [0.717, 1.165) is 45.2 Å². The minimum absolute atomic E-state index is 0. The van der Waals surface area contributed by atoms with Crippen LogP contribution in [0.15, 0.2) is 35.3 Å². The van der Waals surface area contributed by atoms with E-state index in [-0.39, 0.29) is 24.0 Å². The summed E-state index contributed by atoms with van der Waals surface area (Å²) in [5.74, 6) is 0.870. The van der Waals surface area contributed by atoms with Crippen molar-refractivity contribution in [1.29, 1.82) is 0 Å². The Kier molecular flexibility index (Phi) is 14.9. The monoisotopic (exact) mass is 462 g/mol. The van der Waals surface area contributed by atoms with Crippen LogP contribution < -0.4 is 10.6 Å². The summed E-state index contributed by atoms with van der Waals surface area (Å²) in [5, 5.41) is 6.57. The Morgan fingerprint density at radius 3 is 2.56 bits per heavy atom. The van der Waals surface area contributed by atoms with Gasteiger partial charge in [0.25, 0.3) is 0 Å². The first-order valence-electron chi connectivity index (χ1n) is 9.01. The van der Waals surface area contributed by atoms with Crippen LogP contribution in [0.4, 0.5) is 0 Å². The van der Waals surface area contributed by atoms with Gasteiger partial charge >= 0.3 is 0 Å². The molecule has 1 rings (SSSR count). The molecule has 0 radical (unpaired) electrons. The molecule has 0 fully saturated rings. The van der Waals surface area contributed by atoms with Crippen LogP contribution >= 0.6 is 24.0 Å². The van der Waals surface area contributed by atoms with Crippen molar-refractivity contribution in [3.05, 3.63) is 35.9 Å². The standard InChI is InChI=1S/C19H34N4O.HI/c1-5-20-19(22-14-15-24-6-2)21-13-12-17(3)23(4)16-18-10-8-7-9-11-18;/h7-11,17H,5-6,12-16H2,1-4H3,(H2,20,21,22);1H. The third-order valence-corrected chi connectivity index (χ3v) is 3.93. The van der Waals surface area contributed by atoms with Gasteiger partial charge in [-0.05, 0) is 39.8 Å². The zero-order valence-corrected chi connectivity index (χ0v) is 18.5. The highest BCUT2D eigenvalue weighted by Crippen LogP contribution is 2.08. The first-order chi connectivity index (χ1) is 11.7. The largest absolute Gasteiger partial charge is 0.380 e. The molecule has 5 nitrogen and oxygen atoms in total. The van der Waals surface area contributed by atoms with Gasteiger partial charge in [0.15, 0.2) is 5.96 Å². The highest BCUT2D eigenvalue weighted by Gasteiger charge is 2.09. The number of aliphatic imine (C=N–C) groups is 1. The third-order valence-electron chi connectivity index (χ3n) is 3.93. The van der Waals surface area contributed by atoms with Gasteiger partial charge in [0, 0.05) is 38.8 Å². The Morgan fingerprint density at radius 1 is 1.20 bits per heavy atom. The van der Waals surface area contributed by atoms with Crippen molar-refractivity contribution in [2.75, 3.05) is 39.9 Å². The molecule has 0 amide bonds. The predicted octanol–water partition coefficient (Wildman–Crippen LogP) is 3.11. The van der Waals surface area contributed by atoms with Gasteiger partial charge < -0.3 is 15.4 Å². The Hall–Kier alpha value is -0.860. The van der Waals surface area contributed by atoms with Gasteiger partial charge in [-0.3, -0.25) is 9.89 Å². The Bertz CT molecular complexity index is 456. The van der Waals surface area contributed by atoms with Crippen molar-refractivity contribution in [1.82, 2.24) is 15.5 Å². The molecule has 0 saturated carbocycles. The smallest absolute Gasteiger partial charge is 0.191 e. The van der Waals surface area contributed by atoms with Gasteiger partial charge in [-0.1, -0.05) is 30.3 Å². The molecule has 1 atom stereocenters. The zero-order chi connectivity index (χ0) is 17.6. The second-order valence-electron chi connectivity index (χ2n) is 5.92. The van der Waals surface area contributed by atoms with Crippen molar-refractivity contribution >= 4 is 29.9 Å². The molecule has 0 aliphatic heterocycles. The fourth-order valence-electron chi connectivity index (χ4n) is 2.34. The molecule has 2 N–H and O–H groups in total. The minimum atomic E-state index is 0. The van der Waals surface area contributed by atoms with E-state index in [0.29, 0.717) is 12.6 Å². The molecular formula is C19H35IN4O. The van der Waals surface area contributed by atoms with Gasteiger partial charge in [-0.2, -0.15) is 0 Å². The van der Waals surface area contributed by atoms with Crippen LogP contribution in [0.5, 0.6) is 0 Å². The summed E-state index contributed by atoms with van der Waals surface area (Å²) in [5.41, 5.74) is 1.35. The maximum absolute atomic E-state index is 5.34. The molecule has 1 unspecified atom stereocenters. The van der Waals surface area contributed by atoms with Crippen molar-refractivity contribution in [2.45, 2.75) is 39.8 Å². The molecule has 1 aromatic carbocycles. The molecule has 0 heterocycles. The van der Waals surface area contributed by atoms with Crippen LogP contribution in [0, 0.1) is 0 Å². The van der Waals surface area contributed by atoms with Gasteiger partial charge in [-0.15, -0.1) is 24.0 Å². The minimum Gasteiger partial charge on any atom is -0.380 e. The van der Waals surface area contributed by atoms with Crippen LogP contribution in [0.25, 0.3) is 0 Å². The maximum Gasteiger partial charge on any atom is 0.191 e. The molecular weight excluding hydrogens is 427 g/mol. The van der Waals surface area contributed by atoms with Crippen LogP contribution in [-0.2, 0) is 11.3 Å². The number of ether oxygens (including phenoxy) is 1. The fourth-order valence-corrected chi connectivity index (χ4v) is 2.34. The third kappa shape index (κ3) is 11.4. The summed E-state index contributed by atoms with van der Waals surface area (Å²) >= 11 is 0. The normalized spacial score (nSPS) is 12.6. The summed E-state index contributed by atoms with van der Waals surface area (Å²) in [7, 11) is 2.17. The Morgan fingerprint density at radius 2 is 1.92 bits per heavy atom. The molecule has 0 aliphatic carbocycles. The van der Waals surface area contributed by atoms with E-state index >= 15 is 0 Å². The van der Waals surface area contributed by atoms with Crippen LogP contribution in [0.3, 0.4) is 0 Å². The Labute approximate surface area is 170 Å². The average molecular weight is 462 g/mol. The molecule has 0 saturated heterocycles. The molecule has 0 bridgehead atoms. The second kappa shape index (κ2) is 15.4. The zero-order valence-electron chi connectivity index (χ0n) is 16.1. The van der Waals surface area contributed by atoms with Crippen LogP contribution in [-0.4, -0.2) is 56.8 Å². The number of nitrogens with zero attached hydrogens (tertiary/aromatic N) is 2. The number of benzene rings is 1. The Balaban J connectivity index is 0.00000576. The van der Waals surface area contributed by atoms with Gasteiger partial charge in [-0.25, -0.2) is 0 Å². The number of halogens is 1. The topological polar surface area (TPSA) is 48.9 Å². The van der Waals surface area contributed by atoms with Crippen molar-refractivity contribution in [2.24, 2.45) is 4.99 Å². The number of hydrogen-bond acceptors (Lipinski definition) is 3. The molecule has 1 aromatic rings. The number of nitrogens with one attached hydrogen (secondary N) is 2. The SMILES string of the molecule is CCNC(=NCCC(C)N(C)Cc1ccccc1)NCCOCC.I. The quantitative estimate of drug-likeness (QED) is 0.230. The van der Waals surface area contributed by atoms with E-state index in [1.54, 1.807) is 0 Å². The molecule has 0 spiro atoms. The molecule has 144 valence electrons. The summed E-state index contributed by atoms with van der Waals surface area (Å²) in [4.78, 5) is 7.03. The number of guanidine groups is 1. The summed E-state index contributed by atoms with van der Waals surface area (Å²) in [6.45, 7) is 11.2. The lowest BCUT2D eigenvalue weighted by Gasteiger charge is -2.24. The highest BCUT2D eigenvalue weighted by atomic mass is 127. The first-order valence-corrected chi connectivity index (χ1v) is 9.01. The summed E-state index contributed by atoms with van der Waals surface area (Å²) < 4.78 is 5.34. The lowest BCUT2D eigenvalue weighted by molar-refractivity contribution is 0.152. The second-order valence-corrected chi connectivity index (χ2v) is 5.92. The van der Waals surface area contributed by atoms with E-state index in [4.69, 9.17) is 4.74 Å². The lowest BCUT2D eigenvalue weighted by atomic mass is 10.1. The lowest BCUT2D eigenvalue weighted by Crippen LogP contribution is -2.39. The fraction of sp³-hybridized carbons (Fsp3) is 0.632. The molecule has 0 aliphatic rings. The van der Waals surface area contributed by atoms with Crippen molar-refractivity contribution < 1.29 is 4.74 Å². The summed E-state index contributed by atoms with van der Waals surface area (Å²) in [6, 6.07) is 11.1. The average Bonchev–Trinajstić information content (AvgIpc) is 2.59. The summed E-state index contributed by atoms with van der Waals surface area (Å²) in [6.07, 6.45) is 1.03. The highest BCUT2D eigenvalue weighted by molar-refractivity contribution is 14.0. The van der Waals surface area contributed by atoms with E-state index in [1.807, 2.05) is 6.92 Å². The molecule has 6 heteroatoms. The van der Waals surface area contributed by atoms with E-state index in [2.05, 4.69) is 71.8 Å². The number of rotatable bonds is 11. The van der Waals surface area contributed by atoms with Crippen molar-refractivity contribution in [3.63, 3.8) is 0 Å². The van der Waals surface area contributed by atoms with Crippen molar-refractivity contribution in [3.8, 4) is 0 Å². The van der Waals surface area contributed by atoms with Gasteiger partial charge in [0.05, 0.1) is 6.61 Å². The molecule has 25 heavy (non-hydrogen) atoms. The maximum atomic E-state index is 5.34. The predicted molar refractivity (Wildman–Crippen MR) is 118 cm³/mol.